The average Bonchev–Trinajstić information content (AvgIpc) is 2.91. The van der Waals surface area contributed by atoms with Gasteiger partial charge in [0.2, 0.25) is 0 Å². The van der Waals surface area contributed by atoms with E-state index in [0.717, 1.165) is 17.0 Å². The van der Waals surface area contributed by atoms with Gasteiger partial charge in [0.25, 0.3) is 15.7 Å². The highest BCUT2D eigenvalue weighted by Gasteiger charge is 2.47. The molecule has 0 bridgehead atoms. The molecular weight excluding hydrogens is 443 g/mol. The van der Waals surface area contributed by atoms with E-state index in [2.05, 4.69) is 4.98 Å². The van der Waals surface area contributed by atoms with Crippen LogP contribution in [-0.4, -0.2) is 52.9 Å². The molecule has 0 spiro atoms. The number of rotatable bonds is 5. The summed E-state index contributed by atoms with van der Waals surface area (Å²) in [5.41, 5.74) is -5.44. The third kappa shape index (κ3) is 3.95. The SMILES string of the molecule is CC1C(=O)N(c2ccc(S(=O)(=O)C(F)(F)F)cc2)C(=O)N1Cc1ccnc(C(=O)O)c1. The number of alkyl halides is 3. The van der Waals surface area contributed by atoms with Crippen LogP contribution in [-0.2, 0) is 21.2 Å². The van der Waals surface area contributed by atoms with E-state index >= 15 is 0 Å². The van der Waals surface area contributed by atoms with Crippen LogP contribution in [0.25, 0.3) is 0 Å². The monoisotopic (exact) mass is 457 g/mol. The van der Waals surface area contributed by atoms with Gasteiger partial charge in [0.1, 0.15) is 11.7 Å². The Morgan fingerprint density at radius 1 is 1.16 bits per heavy atom. The van der Waals surface area contributed by atoms with Crippen molar-refractivity contribution in [2.45, 2.75) is 29.9 Å². The van der Waals surface area contributed by atoms with Gasteiger partial charge in [-0.2, -0.15) is 13.2 Å². The number of benzene rings is 1. The zero-order chi connectivity index (χ0) is 23.1. The van der Waals surface area contributed by atoms with Gasteiger partial charge >= 0.3 is 17.5 Å². The highest BCUT2D eigenvalue weighted by molar-refractivity contribution is 7.92. The molecule has 13 heteroatoms. The standard InChI is InChI=1S/C18H14F3N3O6S/c1-10-15(25)24(12-2-4-13(5-3-12)31(29,30)18(19,20)21)17(28)23(10)9-11-6-7-22-14(8-11)16(26)27/h2-8,10H,9H2,1H3,(H,26,27). The van der Waals surface area contributed by atoms with E-state index in [1.807, 2.05) is 0 Å². The van der Waals surface area contributed by atoms with Crippen LogP contribution in [0, 0.1) is 0 Å². The largest absolute Gasteiger partial charge is 0.501 e. The summed E-state index contributed by atoms with van der Waals surface area (Å²) in [6.45, 7) is 1.31. The maximum absolute atomic E-state index is 12.8. The number of pyridine rings is 1. The number of hydrogen-bond acceptors (Lipinski definition) is 6. The summed E-state index contributed by atoms with van der Waals surface area (Å²) in [5, 5.41) is 9.02. The third-order valence-electron chi connectivity index (χ3n) is 4.59. The highest BCUT2D eigenvalue weighted by Crippen LogP contribution is 2.32. The fourth-order valence-electron chi connectivity index (χ4n) is 2.95. The van der Waals surface area contributed by atoms with Crippen molar-refractivity contribution in [3.63, 3.8) is 0 Å². The number of halogens is 3. The van der Waals surface area contributed by atoms with Crippen LogP contribution in [0.15, 0.2) is 47.5 Å². The molecule has 164 valence electrons. The van der Waals surface area contributed by atoms with Crippen molar-refractivity contribution < 1.29 is 41.1 Å². The molecule has 31 heavy (non-hydrogen) atoms. The molecule has 9 nitrogen and oxygen atoms in total. The van der Waals surface area contributed by atoms with E-state index < -0.39 is 44.2 Å². The minimum atomic E-state index is -5.57. The fraction of sp³-hybridized carbons (Fsp3) is 0.222. The van der Waals surface area contributed by atoms with Crippen LogP contribution in [0.5, 0.6) is 0 Å². The molecule has 1 aromatic carbocycles. The van der Waals surface area contributed by atoms with Gasteiger partial charge in [-0.05, 0) is 48.9 Å². The molecule has 1 aromatic heterocycles. The van der Waals surface area contributed by atoms with Crippen LogP contribution in [0.3, 0.4) is 0 Å². The van der Waals surface area contributed by atoms with Crippen LogP contribution in [0.4, 0.5) is 23.7 Å². The molecular formula is C18H14F3N3O6S. The zero-order valence-corrected chi connectivity index (χ0v) is 16.5. The van der Waals surface area contributed by atoms with Gasteiger partial charge in [0.05, 0.1) is 10.6 Å². The zero-order valence-electron chi connectivity index (χ0n) is 15.7. The molecule has 2 heterocycles. The number of aromatic nitrogens is 1. The van der Waals surface area contributed by atoms with Gasteiger partial charge in [-0.25, -0.2) is 27.9 Å². The Morgan fingerprint density at radius 3 is 2.32 bits per heavy atom. The van der Waals surface area contributed by atoms with Crippen LogP contribution in [0.1, 0.15) is 23.0 Å². The predicted molar refractivity (Wildman–Crippen MR) is 98.8 cm³/mol. The van der Waals surface area contributed by atoms with Crippen molar-refractivity contribution in [2.75, 3.05) is 4.90 Å². The molecule has 1 aliphatic heterocycles. The second kappa shape index (κ2) is 7.65. The Hall–Kier alpha value is -3.48. The Morgan fingerprint density at radius 2 is 1.77 bits per heavy atom. The van der Waals surface area contributed by atoms with Crippen LogP contribution in [0.2, 0.25) is 0 Å². The number of hydrogen-bond donors (Lipinski definition) is 1. The van der Waals surface area contributed by atoms with Gasteiger partial charge in [-0.15, -0.1) is 0 Å². The third-order valence-corrected chi connectivity index (χ3v) is 6.09. The van der Waals surface area contributed by atoms with Crippen LogP contribution < -0.4 is 4.90 Å². The van der Waals surface area contributed by atoms with Gasteiger partial charge in [-0.1, -0.05) is 0 Å². The molecule has 0 radical (unpaired) electrons. The minimum absolute atomic E-state index is 0.105. The number of carbonyl (C=O) groups excluding carboxylic acids is 2. The lowest BCUT2D eigenvalue weighted by Crippen LogP contribution is -2.33. The minimum Gasteiger partial charge on any atom is -0.477 e. The molecule has 1 fully saturated rings. The summed E-state index contributed by atoms with van der Waals surface area (Å²) >= 11 is 0. The number of carbonyl (C=O) groups is 3. The highest BCUT2D eigenvalue weighted by atomic mass is 32.2. The van der Waals surface area contributed by atoms with E-state index in [-0.39, 0.29) is 17.9 Å². The van der Waals surface area contributed by atoms with E-state index in [0.29, 0.717) is 22.6 Å². The number of sulfone groups is 1. The molecule has 1 atom stereocenters. The first-order valence-electron chi connectivity index (χ1n) is 8.59. The Balaban J connectivity index is 1.87. The lowest BCUT2D eigenvalue weighted by Gasteiger charge is -2.19. The van der Waals surface area contributed by atoms with Crippen molar-refractivity contribution in [2.24, 2.45) is 0 Å². The summed E-state index contributed by atoms with van der Waals surface area (Å²) in [6.07, 6.45) is 1.24. The van der Waals surface area contributed by atoms with Gasteiger partial charge < -0.3 is 10.0 Å². The molecule has 3 rings (SSSR count). The lowest BCUT2D eigenvalue weighted by molar-refractivity contribution is -0.119. The quantitative estimate of drug-likeness (QED) is 0.684. The maximum atomic E-state index is 12.8. The number of nitrogens with zero attached hydrogens (tertiary/aromatic N) is 3. The second-order valence-electron chi connectivity index (χ2n) is 6.56. The van der Waals surface area contributed by atoms with E-state index in [9.17, 15) is 36.0 Å². The van der Waals surface area contributed by atoms with Crippen molar-refractivity contribution in [1.82, 2.24) is 9.88 Å². The van der Waals surface area contributed by atoms with E-state index in [4.69, 9.17) is 5.11 Å². The number of carboxylic acids is 1. The maximum Gasteiger partial charge on any atom is 0.501 e. The Kier molecular flexibility index (Phi) is 5.48. The number of anilines is 1. The van der Waals surface area contributed by atoms with Crippen molar-refractivity contribution in [3.05, 3.63) is 53.9 Å². The summed E-state index contributed by atoms with van der Waals surface area (Å²) in [6, 6.07) is 4.15. The van der Waals surface area contributed by atoms with E-state index in [1.165, 1.54) is 25.3 Å². The molecule has 0 saturated carbocycles. The topological polar surface area (TPSA) is 125 Å². The molecule has 1 unspecified atom stereocenters. The number of amides is 3. The van der Waals surface area contributed by atoms with E-state index in [1.54, 1.807) is 0 Å². The molecule has 1 N–H and O–H groups in total. The van der Waals surface area contributed by atoms with Crippen molar-refractivity contribution >= 4 is 33.4 Å². The molecule has 1 aliphatic rings. The van der Waals surface area contributed by atoms with Crippen molar-refractivity contribution in [3.8, 4) is 0 Å². The second-order valence-corrected chi connectivity index (χ2v) is 8.50. The molecule has 0 aliphatic carbocycles. The van der Waals surface area contributed by atoms with Gasteiger partial charge in [0.15, 0.2) is 0 Å². The van der Waals surface area contributed by atoms with Crippen molar-refractivity contribution in [1.29, 1.82) is 0 Å². The number of carboxylic acid groups (broad SMARTS) is 1. The fourth-order valence-corrected chi connectivity index (χ4v) is 3.71. The van der Waals surface area contributed by atoms with Gasteiger partial charge in [0, 0.05) is 12.7 Å². The van der Waals surface area contributed by atoms with Crippen LogP contribution >= 0.6 is 0 Å². The summed E-state index contributed by atoms with van der Waals surface area (Å²) in [7, 11) is -5.57. The summed E-state index contributed by atoms with van der Waals surface area (Å²) in [5.74, 6) is -1.95. The molecule has 3 amide bonds. The van der Waals surface area contributed by atoms with Gasteiger partial charge in [-0.3, -0.25) is 4.79 Å². The first-order valence-corrected chi connectivity index (χ1v) is 10.1. The number of aromatic carboxylic acids is 1. The normalized spacial score (nSPS) is 17.4. The average molecular weight is 457 g/mol. The molecule has 2 aromatic rings. The summed E-state index contributed by atoms with van der Waals surface area (Å²) < 4.78 is 61.0. The first-order chi connectivity index (χ1) is 14.3. The first kappa shape index (κ1) is 22.2. The lowest BCUT2D eigenvalue weighted by atomic mass is 10.2. The predicted octanol–water partition coefficient (Wildman–Crippen LogP) is 2.43. The number of imide groups is 1. The molecule has 1 saturated heterocycles. The Labute approximate surface area is 173 Å². The smallest absolute Gasteiger partial charge is 0.477 e. The summed E-state index contributed by atoms with van der Waals surface area (Å²) in [4.78, 5) is 40.9. The Bertz CT molecular complexity index is 1160. The number of urea groups is 1.